The maximum Gasteiger partial charge on any atom is 0.490 e. The molecule has 1 fully saturated rings. The molecule has 3 N–H and O–H groups in total. The third kappa shape index (κ3) is 6.35. The zero-order chi connectivity index (χ0) is 30.8. The smallest absolute Gasteiger partial charge is 0.478 e. The molecule has 0 amide bonds. The summed E-state index contributed by atoms with van der Waals surface area (Å²) in [6.45, 7) is 3.86. The van der Waals surface area contributed by atoms with Gasteiger partial charge >= 0.3 is 18.1 Å². The fourth-order valence-corrected chi connectivity index (χ4v) is 4.53. The van der Waals surface area contributed by atoms with Crippen LogP contribution in [-0.2, 0) is 10.5 Å². The molecule has 1 atom stereocenters. The second kappa shape index (κ2) is 11.5. The van der Waals surface area contributed by atoms with Crippen LogP contribution in [0.15, 0.2) is 76.2 Å². The molecule has 0 radical (unpaired) electrons. The normalized spacial score (nSPS) is 14.8. The van der Waals surface area contributed by atoms with Crippen molar-refractivity contribution in [1.29, 1.82) is 0 Å². The number of halogens is 4. The van der Waals surface area contributed by atoms with Gasteiger partial charge in [-0.15, -0.1) is 0 Å². The van der Waals surface area contributed by atoms with E-state index in [1.54, 1.807) is 47.5 Å². The van der Waals surface area contributed by atoms with Crippen molar-refractivity contribution in [2.45, 2.75) is 31.7 Å². The molecule has 0 bridgehead atoms. The van der Waals surface area contributed by atoms with E-state index in [9.17, 15) is 27.9 Å². The lowest BCUT2D eigenvalue weighted by molar-refractivity contribution is -0.192. The molecule has 4 aromatic rings. The standard InChI is InChI=1S/C27H24FN3O4.C2HF3O2/c1-16-10-20(17(2)30-22-8-4-3-7-19(22)26(33)34)25-21(11-16)23(32)12-24(35-25)31-14-27(28,15-31)18-6-5-9-29-13-18;3-2(4,5)1(6)7/h3-13,17,30H,14-15H2,1-2H3,(H,33,34);(H,6,7). The number of carboxylic acids is 2. The van der Waals surface area contributed by atoms with Gasteiger partial charge in [0, 0.05) is 35.3 Å². The minimum Gasteiger partial charge on any atom is -0.478 e. The molecule has 220 valence electrons. The lowest BCUT2D eigenvalue weighted by Crippen LogP contribution is -2.57. The van der Waals surface area contributed by atoms with E-state index in [0.717, 1.165) is 5.56 Å². The van der Waals surface area contributed by atoms with Crippen LogP contribution in [0.25, 0.3) is 11.0 Å². The maximum atomic E-state index is 15.3. The van der Waals surface area contributed by atoms with Gasteiger partial charge in [-0.25, -0.2) is 14.0 Å². The van der Waals surface area contributed by atoms with Gasteiger partial charge in [-0.3, -0.25) is 9.78 Å². The summed E-state index contributed by atoms with van der Waals surface area (Å²) >= 11 is 0. The van der Waals surface area contributed by atoms with Crippen molar-refractivity contribution in [2.75, 3.05) is 23.3 Å². The highest BCUT2D eigenvalue weighted by Crippen LogP contribution is 2.39. The average Bonchev–Trinajstić information content (AvgIpc) is 2.91. The van der Waals surface area contributed by atoms with E-state index in [-0.39, 0.29) is 30.1 Å². The highest BCUT2D eigenvalue weighted by atomic mass is 19.4. The van der Waals surface area contributed by atoms with Gasteiger partial charge in [0.1, 0.15) is 5.58 Å². The molecule has 0 aliphatic carbocycles. The third-order valence-corrected chi connectivity index (χ3v) is 6.60. The largest absolute Gasteiger partial charge is 0.490 e. The van der Waals surface area contributed by atoms with Crippen LogP contribution >= 0.6 is 0 Å². The average molecular weight is 588 g/mol. The van der Waals surface area contributed by atoms with Crippen molar-refractivity contribution in [1.82, 2.24) is 4.98 Å². The van der Waals surface area contributed by atoms with E-state index in [1.807, 2.05) is 19.9 Å². The first-order chi connectivity index (χ1) is 19.7. The topological polar surface area (TPSA) is 133 Å². The van der Waals surface area contributed by atoms with Gasteiger partial charge in [-0.05, 0) is 43.7 Å². The number of carbonyl (C=O) groups is 2. The van der Waals surface area contributed by atoms with E-state index in [0.29, 0.717) is 33.7 Å². The number of nitrogens with zero attached hydrogens (tertiary/aromatic N) is 2. The number of fused-ring (bicyclic) bond motifs is 1. The molecule has 0 spiro atoms. The van der Waals surface area contributed by atoms with Gasteiger partial charge < -0.3 is 24.8 Å². The van der Waals surface area contributed by atoms with E-state index >= 15 is 4.39 Å². The van der Waals surface area contributed by atoms with Crippen molar-refractivity contribution in [3.05, 3.63) is 99.5 Å². The number of hydrogen-bond donors (Lipinski definition) is 3. The number of alkyl halides is 4. The summed E-state index contributed by atoms with van der Waals surface area (Å²) in [6.07, 6.45) is -1.98. The number of nitrogens with one attached hydrogen (secondary N) is 1. The molecule has 2 aromatic carbocycles. The van der Waals surface area contributed by atoms with Crippen LogP contribution in [0.3, 0.4) is 0 Å². The van der Waals surface area contributed by atoms with E-state index in [1.165, 1.54) is 18.3 Å². The molecule has 1 saturated heterocycles. The van der Waals surface area contributed by atoms with Crippen molar-refractivity contribution >= 4 is 34.5 Å². The number of carboxylic acid groups (broad SMARTS) is 2. The van der Waals surface area contributed by atoms with Crippen molar-refractivity contribution in [3.8, 4) is 0 Å². The Morgan fingerprint density at radius 2 is 1.76 bits per heavy atom. The van der Waals surface area contributed by atoms with Gasteiger partial charge in [0.2, 0.25) is 0 Å². The molecular weight excluding hydrogens is 562 g/mol. The highest BCUT2D eigenvalue weighted by molar-refractivity contribution is 5.94. The Bertz CT molecular complexity index is 1680. The molecule has 1 unspecified atom stereocenters. The number of aromatic nitrogens is 1. The number of hydrogen-bond acceptors (Lipinski definition) is 7. The number of benzene rings is 2. The molecule has 0 saturated carbocycles. The molecule has 2 aromatic heterocycles. The first-order valence-electron chi connectivity index (χ1n) is 12.5. The van der Waals surface area contributed by atoms with Crippen LogP contribution in [0.1, 0.15) is 40.0 Å². The molecule has 3 heterocycles. The second-order valence-electron chi connectivity index (χ2n) is 9.76. The zero-order valence-electron chi connectivity index (χ0n) is 22.3. The number of rotatable bonds is 6. The van der Waals surface area contributed by atoms with Crippen molar-refractivity contribution in [3.63, 3.8) is 0 Å². The quantitative estimate of drug-likeness (QED) is 0.244. The first-order valence-corrected chi connectivity index (χ1v) is 12.5. The summed E-state index contributed by atoms with van der Waals surface area (Å²) in [5.41, 5.74) is 1.29. The highest BCUT2D eigenvalue weighted by Gasteiger charge is 2.46. The Kier molecular flexibility index (Phi) is 8.23. The Labute approximate surface area is 236 Å². The maximum absolute atomic E-state index is 15.3. The summed E-state index contributed by atoms with van der Waals surface area (Å²) in [4.78, 5) is 39.2. The zero-order valence-corrected chi connectivity index (χ0v) is 22.3. The molecule has 1 aliphatic rings. The van der Waals surface area contributed by atoms with E-state index < -0.39 is 23.8 Å². The van der Waals surface area contributed by atoms with Crippen molar-refractivity contribution < 1.29 is 41.8 Å². The van der Waals surface area contributed by atoms with Crippen LogP contribution in [0.2, 0.25) is 0 Å². The van der Waals surface area contributed by atoms with Crippen LogP contribution < -0.4 is 15.6 Å². The number of aromatic carboxylic acids is 1. The summed E-state index contributed by atoms with van der Waals surface area (Å²) in [5, 5.41) is 20.3. The SMILES string of the molecule is Cc1cc(C(C)Nc2ccccc2C(=O)O)c2oc(N3CC(F)(c4cccnc4)C3)cc(=O)c2c1.O=C(O)C(F)(F)F. The fourth-order valence-electron chi connectivity index (χ4n) is 4.53. The van der Waals surface area contributed by atoms with Gasteiger partial charge in [-0.1, -0.05) is 24.3 Å². The van der Waals surface area contributed by atoms with Crippen LogP contribution in [0, 0.1) is 6.92 Å². The van der Waals surface area contributed by atoms with E-state index in [2.05, 4.69) is 10.3 Å². The van der Waals surface area contributed by atoms with E-state index in [4.69, 9.17) is 14.3 Å². The number of anilines is 2. The number of pyridine rings is 1. The Hall–Kier alpha value is -4.94. The molecule has 5 rings (SSSR count). The second-order valence-corrected chi connectivity index (χ2v) is 9.76. The molecule has 13 heteroatoms. The third-order valence-electron chi connectivity index (χ3n) is 6.60. The summed E-state index contributed by atoms with van der Waals surface area (Å²) < 4.78 is 53.3. The fraction of sp³-hybridized carbons (Fsp3) is 0.241. The van der Waals surface area contributed by atoms with Crippen LogP contribution in [0.5, 0.6) is 0 Å². The number of aryl methyl sites for hydroxylation is 1. The summed E-state index contributed by atoms with van der Waals surface area (Å²) in [5.74, 6) is -3.50. The van der Waals surface area contributed by atoms with Gasteiger partial charge in [0.15, 0.2) is 17.0 Å². The Morgan fingerprint density at radius 3 is 2.36 bits per heavy atom. The van der Waals surface area contributed by atoms with Crippen LogP contribution in [0.4, 0.5) is 29.1 Å². The first kappa shape index (κ1) is 30.0. The lowest BCUT2D eigenvalue weighted by Gasteiger charge is -2.44. The summed E-state index contributed by atoms with van der Waals surface area (Å²) in [6, 6.07) is 14.7. The molecule has 9 nitrogen and oxygen atoms in total. The molecule has 1 aliphatic heterocycles. The predicted octanol–water partition coefficient (Wildman–Crippen LogP) is 5.69. The van der Waals surface area contributed by atoms with Gasteiger partial charge in [0.25, 0.3) is 0 Å². The van der Waals surface area contributed by atoms with Gasteiger partial charge in [-0.2, -0.15) is 13.2 Å². The van der Waals surface area contributed by atoms with Crippen molar-refractivity contribution in [2.24, 2.45) is 0 Å². The minimum atomic E-state index is -5.08. The number of para-hydroxylation sites is 1. The molecular formula is C29H25F4N3O6. The number of aliphatic carboxylic acids is 1. The Balaban J connectivity index is 0.000000517. The Morgan fingerprint density at radius 1 is 1.10 bits per heavy atom. The minimum absolute atomic E-state index is 0.0497. The predicted molar refractivity (Wildman–Crippen MR) is 146 cm³/mol. The summed E-state index contributed by atoms with van der Waals surface area (Å²) in [7, 11) is 0. The lowest BCUT2D eigenvalue weighted by atomic mass is 9.89. The molecule has 42 heavy (non-hydrogen) atoms. The van der Waals surface area contributed by atoms with Gasteiger partial charge in [0.05, 0.1) is 30.1 Å². The monoisotopic (exact) mass is 587 g/mol. The van der Waals surface area contributed by atoms with Crippen LogP contribution in [-0.4, -0.2) is 46.4 Å².